The number of nitrogens with zero attached hydrogens (tertiary/aromatic N) is 3. The van der Waals surface area contributed by atoms with Crippen molar-refractivity contribution in [2.75, 3.05) is 12.0 Å². The number of para-hydroxylation sites is 1. The van der Waals surface area contributed by atoms with Gasteiger partial charge in [-0.3, -0.25) is 4.90 Å². The Morgan fingerprint density at radius 3 is 2.54 bits per heavy atom. The molecular formula is C27H24N4O3S. The van der Waals surface area contributed by atoms with Gasteiger partial charge in [-0.05, 0) is 62.0 Å². The van der Waals surface area contributed by atoms with Gasteiger partial charge in [-0.15, -0.1) is 0 Å². The molecular weight excluding hydrogens is 460 g/mol. The molecule has 2 heterocycles. The van der Waals surface area contributed by atoms with E-state index in [4.69, 9.17) is 26.5 Å². The molecule has 4 aromatic rings. The number of aromatic hydroxyl groups is 1. The van der Waals surface area contributed by atoms with Crippen LogP contribution in [0.3, 0.4) is 0 Å². The summed E-state index contributed by atoms with van der Waals surface area (Å²) in [6.45, 7) is 4.00. The number of hydrogen-bond acceptors (Lipinski definition) is 6. The van der Waals surface area contributed by atoms with Crippen molar-refractivity contribution >= 4 is 28.6 Å². The highest BCUT2D eigenvalue weighted by atomic mass is 32.1. The summed E-state index contributed by atoms with van der Waals surface area (Å²) >= 11 is 5.77. The fraction of sp³-hybridized carbons (Fsp3) is 0.148. The fourth-order valence-electron chi connectivity index (χ4n) is 4.28. The van der Waals surface area contributed by atoms with Gasteiger partial charge in [-0.25, -0.2) is 0 Å². The van der Waals surface area contributed by atoms with Crippen LogP contribution in [0.15, 0.2) is 83.0 Å². The molecule has 0 amide bonds. The molecule has 5 rings (SSSR count). The quantitative estimate of drug-likeness (QED) is 0.353. The summed E-state index contributed by atoms with van der Waals surface area (Å²) in [5.41, 5.74) is 5.28. The fourth-order valence-corrected chi connectivity index (χ4v) is 4.64. The van der Waals surface area contributed by atoms with Crippen molar-refractivity contribution in [3.63, 3.8) is 0 Å². The Labute approximate surface area is 208 Å². The highest BCUT2D eigenvalue weighted by Crippen LogP contribution is 2.41. The van der Waals surface area contributed by atoms with Gasteiger partial charge in [0, 0.05) is 16.9 Å². The van der Waals surface area contributed by atoms with E-state index in [0.29, 0.717) is 22.6 Å². The Morgan fingerprint density at radius 2 is 1.83 bits per heavy atom. The molecule has 0 saturated heterocycles. The van der Waals surface area contributed by atoms with E-state index >= 15 is 0 Å². The van der Waals surface area contributed by atoms with E-state index < -0.39 is 6.04 Å². The lowest BCUT2D eigenvalue weighted by Crippen LogP contribution is -2.46. The minimum Gasteiger partial charge on any atom is -0.504 e. The largest absolute Gasteiger partial charge is 0.504 e. The van der Waals surface area contributed by atoms with E-state index in [2.05, 4.69) is 10.5 Å². The first-order valence-electron chi connectivity index (χ1n) is 11.1. The van der Waals surface area contributed by atoms with Gasteiger partial charge in [0.05, 0.1) is 18.7 Å². The van der Waals surface area contributed by atoms with Gasteiger partial charge >= 0.3 is 0 Å². The van der Waals surface area contributed by atoms with Crippen LogP contribution in [0.5, 0.6) is 11.5 Å². The van der Waals surface area contributed by atoms with Gasteiger partial charge in [-0.1, -0.05) is 53.2 Å². The van der Waals surface area contributed by atoms with Crippen molar-refractivity contribution < 1.29 is 14.4 Å². The van der Waals surface area contributed by atoms with E-state index in [9.17, 15) is 5.11 Å². The predicted octanol–water partition coefficient (Wildman–Crippen LogP) is 5.63. The number of aromatic nitrogens is 2. The zero-order chi connectivity index (χ0) is 24.5. The molecule has 176 valence electrons. The lowest BCUT2D eigenvalue weighted by atomic mass is 9.94. The summed E-state index contributed by atoms with van der Waals surface area (Å²) in [4.78, 5) is 6.69. The molecule has 0 fully saturated rings. The van der Waals surface area contributed by atoms with E-state index in [1.807, 2.05) is 79.4 Å². The number of benzene rings is 3. The van der Waals surface area contributed by atoms with E-state index in [0.717, 1.165) is 33.6 Å². The number of nitrogens with one attached hydrogen (secondary N) is 1. The van der Waals surface area contributed by atoms with E-state index in [1.165, 1.54) is 7.11 Å². The minimum atomic E-state index is -0.426. The monoisotopic (exact) mass is 484 g/mol. The molecule has 35 heavy (non-hydrogen) atoms. The van der Waals surface area contributed by atoms with Crippen LogP contribution in [0.25, 0.3) is 17.0 Å². The maximum absolute atomic E-state index is 10.5. The van der Waals surface area contributed by atoms with Gasteiger partial charge in [-0.2, -0.15) is 4.98 Å². The van der Waals surface area contributed by atoms with Crippen LogP contribution in [0.4, 0.5) is 5.69 Å². The number of hydrogen-bond donors (Lipinski definition) is 2. The summed E-state index contributed by atoms with van der Waals surface area (Å²) in [6.07, 6.45) is 0. The van der Waals surface area contributed by atoms with Crippen molar-refractivity contribution in [3.05, 3.63) is 95.5 Å². The average molecular weight is 485 g/mol. The van der Waals surface area contributed by atoms with Crippen molar-refractivity contribution in [3.8, 4) is 22.9 Å². The van der Waals surface area contributed by atoms with Crippen LogP contribution < -0.4 is 15.0 Å². The normalized spacial score (nSPS) is 15.8. The highest BCUT2D eigenvalue weighted by Gasteiger charge is 2.35. The third-order valence-electron chi connectivity index (χ3n) is 5.97. The number of allylic oxidation sites excluding steroid dienone is 1. The zero-order valence-corrected chi connectivity index (χ0v) is 20.3. The topological polar surface area (TPSA) is 83.7 Å². The first-order chi connectivity index (χ1) is 17.0. The Hall–Kier alpha value is -4.17. The standard InChI is InChI=1S/C27H24N4O3S/c1-16-8-7-9-19(14-16)25-29-26(34-30-25)23-17(2)31(20-10-5-4-6-11-20)27(35)28-24(23)18-12-13-22(33-3)21(32)15-18/h4-15,24,32H,1-3H3,(H,28,35). The van der Waals surface area contributed by atoms with Crippen LogP contribution in [-0.2, 0) is 0 Å². The average Bonchev–Trinajstić information content (AvgIpc) is 3.34. The lowest BCUT2D eigenvalue weighted by molar-refractivity contribution is 0.372. The molecule has 1 unspecified atom stereocenters. The van der Waals surface area contributed by atoms with Crippen molar-refractivity contribution in [1.29, 1.82) is 0 Å². The zero-order valence-electron chi connectivity index (χ0n) is 19.5. The molecule has 1 aliphatic rings. The third-order valence-corrected chi connectivity index (χ3v) is 6.27. The van der Waals surface area contributed by atoms with Crippen LogP contribution in [0.2, 0.25) is 0 Å². The number of aryl methyl sites for hydroxylation is 1. The summed E-state index contributed by atoms with van der Waals surface area (Å²) in [7, 11) is 1.52. The van der Waals surface area contributed by atoms with Crippen molar-refractivity contribution in [2.45, 2.75) is 19.9 Å². The number of ether oxygens (including phenoxy) is 1. The molecule has 1 aromatic heterocycles. The molecule has 0 bridgehead atoms. The van der Waals surface area contributed by atoms with Gasteiger partial charge < -0.3 is 19.7 Å². The van der Waals surface area contributed by atoms with Gasteiger partial charge in [0.15, 0.2) is 16.6 Å². The van der Waals surface area contributed by atoms with Crippen LogP contribution >= 0.6 is 12.2 Å². The lowest BCUT2D eigenvalue weighted by Gasteiger charge is -2.37. The summed E-state index contributed by atoms with van der Waals surface area (Å²) in [5, 5.41) is 18.6. The predicted molar refractivity (Wildman–Crippen MR) is 139 cm³/mol. The number of rotatable bonds is 5. The Bertz CT molecular complexity index is 1430. The highest BCUT2D eigenvalue weighted by molar-refractivity contribution is 7.80. The SMILES string of the molecule is COc1ccc(C2NC(=S)N(c3ccccc3)C(C)=C2c2nc(-c3cccc(C)c3)no2)cc1O. The molecule has 2 N–H and O–H groups in total. The molecule has 0 aliphatic carbocycles. The molecule has 1 atom stereocenters. The van der Waals surface area contributed by atoms with Crippen LogP contribution in [0.1, 0.15) is 30.0 Å². The molecule has 0 spiro atoms. The Morgan fingerprint density at radius 1 is 1.03 bits per heavy atom. The maximum Gasteiger partial charge on any atom is 0.258 e. The third kappa shape index (κ3) is 4.24. The molecule has 8 heteroatoms. The second kappa shape index (κ2) is 9.23. The first kappa shape index (κ1) is 22.6. The smallest absolute Gasteiger partial charge is 0.258 e. The van der Waals surface area contributed by atoms with Crippen LogP contribution in [-0.4, -0.2) is 27.5 Å². The minimum absolute atomic E-state index is 0.0335. The summed E-state index contributed by atoms with van der Waals surface area (Å²) < 4.78 is 11.0. The van der Waals surface area contributed by atoms with Gasteiger partial charge in [0.1, 0.15) is 0 Å². The van der Waals surface area contributed by atoms with Gasteiger partial charge in [0.2, 0.25) is 5.82 Å². The molecule has 7 nitrogen and oxygen atoms in total. The molecule has 1 aliphatic heterocycles. The second-order valence-electron chi connectivity index (χ2n) is 8.28. The summed E-state index contributed by atoms with van der Waals surface area (Å²) in [6, 6.07) is 22.6. The number of thiocarbonyl (C=S) groups is 1. The molecule has 3 aromatic carbocycles. The molecule has 0 saturated carbocycles. The Balaban J connectivity index is 1.66. The summed E-state index contributed by atoms with van der Waals surface area (Å²) in [5.74, 6) is 1.29. The van der Waals surface area contributed by atoms with E-state index in [-0.39, 0.29) is 5.75 Å². The number of methoxy groups -OCH3 is 1. The maximum atomic E-state index is 10.5. The van der Waals surface area contributed by atoms with Crippen molar-refractivity contribution in [2.24, 2.45) is 0 Å². The number of phenols is 1. The second-order valence-corrected chi connectivity index (χ2v) is 8.66. The number of anilines is 1. The van der Waals surface area contributed by atoms with Crippen LogP contribution in [0, 0.1) is 6.92 Å². The molecule has 0 radical (unpaired) electrons. The Kier molecular flexibility index (Phi) is 5.96. The van der Waals surface area contributed by atoms with E-state index in [1.54, 1.807) is 12.1 Å². The first-order valence-corrected chi connectivity index (χ1v) is 11.5. The van der Waals surface area contributed by atoms with Crippen molar-refractivity contribution in [1.82, 2.24) is 15.5 Å². The number of phenolic OH excluding ortho intramolecular Hbond substituents is 1. The van der Waals surface area contributed by atoms with Gasteiger partial charge in [0.25, 0.3) is 5.89 Å².